The number of amidine groups is 4. The summed E-state index contributed by atoms with van der Waals surface area (Å²) in [6.07, 6.45) is 0. The molecule has 0 amide bonds. The highest BCUT2D eigenvalue weighted by Gasteiger charge is 2.28. The molecule has 7 aromatic carbocycles. The second kappa shape index (κ2) is 16.9. The van der Waals surface area contributed by atoms with E-state index in [0.717, 1.165) is 78.1 Å². The molecule has 9 rings (SSSR count). The van der Waals surface area contributed by atoms with Gasteiger partial charge in [0.2, 0.25) is 0 Å². The molecule has 0 radical (unpaired) electrons. The number of rotatable bonds is 6. The molecule has 342 valence electrons. The number of nitrogens with zero attached hydrogens (tertiary/aromatic N) is 2. The van der Waals surface area contributed by atoms with Crippen molar-refractivity contribution in [1.82, 2.24) is 10.6 Å². The van der Waals surface area contributed by atoms with E-state index in [1.165, 1.54) is 22.3 Å². The number of hydrogen-bond donors (Lipinski definition) is 4. The molecule has 0 spiro atoms. The van der Waals surface area contributed by atoms with Gasteiger partial charge in [-0.2, -0.15) is 0 Å². The molecular weight excluding hydrogens is 829 g/mol. The van der Waals surface area contributed by atoms with Crippen LogP contribution in [0.2, 0.25) is 0 Å². The molecule has 0 saturated heterocycles. The maximum atomic E-state index is 9.07. The van der Waals surface area contributed by atoms with Crippen molar-refractivity contribution in [2.75, 3.05) is 0 Å². The van der Waals surface area contributed by atoms with Gasteiger partial charge in [-0.25, -0.2) is 9.98 Å². The van der Waals surface area contributed by atoms with Crippen molar-refractivity contribution in [2.24, 2.45) is 9.98 Å². The minimum absolute atomic E-state index is 0.0380. The lowest BCUT2D eigenvalue weighted by Gasteiger charge is -2.21. The summed E-state index contributed by atoms with van der Waals surface area (Å²) in [7, 11) is 0. The minimum Gasteiger partial charge on any atom is -0.324 e. The van der Waals surface area contributed by atoms with Crippen LogP contribution in [0.25, 0.3) is 44.5 Å². The van der Waals surface area contributed by atoms with Crippen LogP contribution < -0.4 is 10.6 Å². The van der Waals surface area contributed by atoms with Gasteiger partial charge < -0.3 is 10.6 Å². The molecule has 0 fully saturated rings. The molecular formula is C62H64N6. The summed E-state index contributed by atoms with van der Waals surface area (Å²) in [6.45, 7) is 26.8. The molecule has 7 aromatic rings. The standard InChI is InChI=1S/C62H64N6/c1-59(2,3)41-21-13-37(14-22-41)47-33-51-53(35-49(47)39-17-25-43(26-18-39)61(7,8)9)57(67-55(51)63)65-45-29-31-46(32-30-45)66-58-54-36-50(40-19-27-44(28-20-40)62(10,11)12)48(34-52(54)56(64)68-58)38-15-23-42(24-16-38)60(4,5)6/h13-36H,1-12H3,(H2,63,65,67)(H2,64,66,68). The van der Waals surface area contributed by atoms with Crippen molar-refractivity contribution < 1.29 is 0 Å². The van der Waals surface area contributed by atoms with E-state index in [1.54, 1.807) is 0 Å². The van der Waals surface area contributed by atoms with Crippen molar-refractivity contribution in [3.05, 3.63) is 190 Å². The topological polar surface area (TPSA) is 96.5 Å². The Hall–Kier alpha value is -7.18. The third-order valence-electron chi connectivity index (χ3n) is 13.4. The molecule has 2 heterocycles. The molecule has 68 heavy (non-hydrogen) atoms. The summed E-state index contributed by atoms with van der Waals surface area (Å²) < 4.78 is 0. The first-order chi connectivity index (χ1) is 32.0. The largest absolute Gasteiger partial charge is 0.324 e. The van der Waals surface area contributed by atoms with E-state index in [2.05, 4.69) is 215 Å². The van der Waals surface area contributed by atoms with Crippen molar-refractivity contribution in [2.45, 2.75) is 105 Å². The van der Waals surface area contributed by atoms with Crippen LogP contribution in [0.1, 0.15) is 128 Å². The molecule has 0 bridgehead atoms. The molecule has 2 aliphatic rings. The predicted octanol–water partition coefficient (Wildman–Crippen LogP) is 15.6. The highest BCUT2D eigenvalue weighted by atomic mass is 15.1. The average Bonchev–Trinajstić information content (AvgIpc) is 3.77. The van der Waals surface area contributed by atoms with Gasteiger partial charge in [0.15, 0.2) is 0 Å². The van der Waals surface area contributed by atoms with Crippen molar-refractivity contribution in [3.8, 4) is 44.5 Å². The zero-order valence-electron chi connectivity index (χ0n) is 41.8. The van der Waals surface area contributed by atoms with Gasteiger partial charge in [0.05, 0.1) is 11.4 Å². The fourth-order valence-electron chi connectivity index (χ4n) is 9.10. The Morgan fingerprint density at radius 1 is 0.294 bits per heavy atom. The van der Waals surface area contributed by atoms with Gasteiger partial charge in [0, 0.05) is 22.3 Å². The summed E-state index contributed by atoms with van der Waals surface area (Å²) in [5, 5.41) is 24.7. The quantitative estimate of drug-likeness (QED) is 0.134. The predicted molar refractivity (Wildman–Crippen MR) is 288 cm³/mol. The highest BCUT2D eigenvalue weighted by molar-refractivity contribution is 6.27. The molecule has 6 nitrogen and oxygen atoms in total. The van der Waals surface area contributed by atoms with Crippen molar-refractivity contribution >= 4 is 34.7 Å². The third-order valence-corrected chi connectivity index (χ3v) is 13.4. The average molecular weight is 893 g/mol. The van der Waals surface area contributed by atoms with Gasteiger partial charge in [-0.1, -0.05) is 180 Å². The van der Waals surface area contributed by atoms with Gasteiger partial charge in [-0.05, 0) is 137 Å². The Kier molecular flexibility index (Phi) is 11.4. The maximum absolute atomic E-state index is 9.07. The Bertz CT molecular complexity index is 2940. The van der Waals surface area contributed by atoms with Crippen molar-refractivity contribution in [3.63, 3.8) is 0 Å². The highest BCUT2D eigenvalue weighted by Crippen LogP contribution is 2.41. The molecule has 4 N–H and O–H groups in total. The van der Waals surface area contributed by atoms with Gasteiger partial charge in [0.1, 0.15) is 23.3 Å². The smallest absolute Gasteiger partial charge is 0.140 e. The first-order valence-corrected chi connectivity index (χ1v) is 23.8. The lowest BCUT2D eigenvalue weighted by atomic mass is 9.84. The molecule has 6 heteroatoms. The second-order valence-electron chi connectivity index (χ2n) is 22.6. The van der Waals surface area contributed by atoms with E-state index in [-0.39, 0.29) is 21.7 Å². The summed E-state index contributed by atoms with van der Waals surface area (Å²) >= 11 is 0. The van der Waals surface area contributed by atoms with Crippen LogP contribution in [0.3, 0.4) is 0 Å². The fourth-order valence-corrected chi connectivity index (χ4v) is 9.10. The van der Waals surface area contributed by atoms with E-state index in [0.29, 0.717) is 23.3 Å². The van der Waals surface area contributed by atoms with Crippen LogP contribution >= 0.6 is 0 Å². The molecule has 0 atom stereocenters. The Labute approximate surface area is 403 Å². The maximum Gasteiger partial charge on any atom is 0.140 e. The Balaban J connectivity index is 1.06. The number of hydrogen-bond acceptors (Lipinski definition) is 4. The molecule has 0 aromatic heterocycles. The van der Waals surface area contributed by atoms with Gasteiger partial charge in [0.25, 0.3) is 0 Å². The number of fused-ring (bicyclic) bond motifs is 2. The first-order valence-electron chi connectivity index (χ1n) is 23.8. The number of benzene rings is 7. The molecule has 0 aliphatic carbocycles. The van der Waals surface area contributed by atoms with Gasteiger partial charge >= 0.3 is 0 Å². The van der Waals surface area contributed by atoms with Crippen LogP contribution in [0.4, 0.5) is 11.4 Å². The first kappa shape index (κ1) is 46.0. The Morgan fingerprint density at radius 2 is 0.515 bits per heavy atom. The zero-order valence-corrected chi connectivity index (χ0v) is 41.8. The second-order valence-corrected chi connectivity index (χ2v) is 22.6. The number of aliphatic imine (C=N–C) groups is 2. The summed E-state index contributed by atoms with van der Waals surface area (Å²) in [5.74, 6) is 1.93. The van der Waals surface area contributed by atoms with Crippen LogP contribution in [0.15, 0.2) is 156 Å². The van der Waals surface area contributed by atoms with E-state index in [1.807, 2.05) is 24.3 Å². The SMILES string of the molecule is CC(C)(C)c1ccc(-c2cc3c(cc2-c2ccc(C(C)(C)C)cc2)C(=Nc2ccc(N=C4NC(=N)c5cc(-c6ccc(C(C)(C)C)cc6)c(-c6ccc(C(C)(C)C)cc6)cc54)cc2)NC3=N)cc1. The van der Waals surface area contributed by atoms with E-state index in [9.17, 15) is 0 Å². The lowest BCUT2D eigenvalue weighted by Crippen LogP contribution is -2.21. The van der Waals surface area contributed by atoms with Gasteiger partial charge in [-0.15, -0.1) is 0 Å². The summed E-state index contributed by atoms with van der Waals surface area (Å²) in [4.78, 5) is 10.2. The van der Waals surface area contributed by atoms with Crippen LogP contribution in [-0.4, -0.2) is 23.3 Å². The molecule has 2 aliphatic heterocycles. The van der Waals surface area contributed by atoms with Crippen LogP contribution in [0, 0.1) is 10.8 Å². The lowest BCUT2D eigenvalue weighted by molar-refractivity contribution is 0.590. The summed E-state index contributed by atoms with van der Waals surface area (Å²) in [6, 6.07) is 52.0. The number of nitrogens with one attached hydrogen (secondary N) is 4. The van der Waals surface area contributed by atoms with Crippen LogP contribution in [-0.2, 0) is 21.7 Å². The van der Waals surface area contributed by atoms with Crippen LogP contribution in [0.5, 0.6) is 0 Å². The molecule has 0 unspecified atom stereocenters. The normalized spacial score (nSPS) is 15.1. The summed E-state index contributed by atoms with van der Waals surface area (Å²) in [5.41, 5.74) is 19.0. The Morgan fingerprint density at radius 3 is 0.735 bits per heavy atom. The van der Waals surface area contributed by atoms with Crippen molar-refractivity contribution in [1.29, 1.82) is 10.8 Å². The van der Waals surface area contributed by atoms with E-state index in [4.69, 9.17) is 20.8 Å². The third kappa shape index (κ3) is 9.12. The van der Waals surface area contributed by atoms with E-state index < -0.39 is 0 Å². The zero-order chi connectivity index (χ0) is 48.5. The van der Waals surface area contributed by atoms with E-state index >= 15 is 0 Å². The minimum atomic E-state index is 0.0380. The molecule has 0 saturated carbocycles. The fraction of sp³-hybridized carbons (Fsp3) is 0.258. The monoisotopic (exact) mass is 893 g/mol. The van der Waals surface area contributed by atoms with Gasteiger partial charge in [-0.3, -0.25) is 10.8 Å².